The summed E-state index contributed by atoms with van der Waals surface area (Å²) in [5, 5.41) is -3.46. The van der Waals surface area contributed by atoms with Gasteiger partial charge in [-0.3, -0.25) is 15.0 Å². The van der Waals surface area contributed by atoms with Gasteiger partial charge in [0.25, 0.3) is 6.10 Å². The summed E-state index contributed by atoms with van der Waals surface area (Å²) in [6, 6.07) is 30.7. The Bertz CT molecular complexity index is 1160. The molecule has 2 N–H and O–H groups in total. The zero-order valence-electron chi connectivity index (χ0n) is 18.2. The third kappa shape index (κ3) is 8.11. The standard InChI is InChI=1S/C18H16N2.C5H4ClF5O4S/c1-4-10-16(11-5-1)19-20(17-12-6-2-7-13-17)18-14-8-3-9-15-18;6-1-2-15-3(4(7,8)9)5(10,11)16(12,13)14/h1-15,19H;1-3H,(H,12,13,14). The first-order chi connectivity index (χ1) is 16.9. The summed E-state index contributed by atoms with van der Waals surface area (Å²) in [4.78, 5) is 0. The molecule has 36 heavy (non-hydrogen) atoms. The predicted molar refractivity (Wildman–Crippen MR) is 128 cm³/mol. The highest BCUT2D eigenvalue weighted by Crippen LogP contribution is 2.38. The number of rotatable bonds is 8. The van der Waals surface area contributed by atoms with Crippen molar-refractivity contribution in [2.45, 2.75) is 17.5 Å². The molecule has 1 atom stereocenters. The van der Waals surface area contributed by atoms with Gasteiger partial charge in [-0.25, -0.2) is 0 Å². The van der Waals surface area contributed by atoms with Gasteiger partial charge in [-0.2, -0.15) is 30.4 Å². The normalized spacial score (nSPS) is 12.9. The summed E-state index contributed by atoms with van der Waals surface area (Å²) in [6.07, 6.45) is -9.75. The Hall–Kier alpha value is -3.35. The number of benzene rings is 3. The van der Waals surface area contributed by atoms with E-state index < -0.39 is 27.7 Å². The summed E-state index contributed by atoms with van der Waals surface area (Å²) in [5.74, 6) is 0. The van der Waals surface area contributed by atoms with Crippen LogP contribution >= 0.6 is 11.6 Å². The lowest BCUT2D eigenvalue weighted by atomic mass is 10.2. The largest absolute Gasteiger partial charge is 0.480 e. The molecule has 0 aliphatic heterocycles. The lowest BCUT2D eigenvalue weighted by Crippen LogP contribution is -2.50. The zero-order chi connectivity index (χ0) is 26.8. The van der Waals surface area contributed by atoms with Crippen molar-refractivity contribution in [1.82, 2.24) is 0 Å². The van der Waals surface area contributed by atoms with E-state index in [1.165, 1.54) is 0 Å². The smallest absolute Gasteiger partial charge is 0.432 e. The number of anilines is 3. The SMILES string of the molecule is O=S(=O)(O)C(F)(F)C(OC=CCl)C(F)(F)F.c1ccc(NN(c2ccccc2)c2ccccc2)cc1. The number of alkyl halides is 5. The van der Waals surface area contributed by atoms with Gasteiger partial charge in [-0.1, -0.05) is 66.2 Å². The zero-order valence-corrected chi connectivity index (χ0v) is 19.8. The predicted octanol–water partition coefficient (Wildman–Crippen LogP) is 6.98. The van der Waals surface area contributed by atoms with Gasteiger partial charge in [0.15, 0.2) is 0 Å². The highest BCUT2D eigenvalue weighted by atomic mass is 35.5. The molecule has 3 aromatic carbocycles. The maximum Gasteiger partial charge on any atom is 0.432 e. The van der Waals surface area contributed by atoms with Crippen molar-refractivity contribution in [1.29, 1.82) is 0 Å². The second-order valence-corrected chi connectivity index (χ2v) is 8.59. The Morgan fingerprint density at radius 2 is 1.25 bits per heavy atom. The molecule has 0 radical (unpaired) electrons. The number of hydrazine groups is 1. The van der Waals surface area contributed by atoms with Gasteiger partial charge in [-0.15, -0.1) is 0 Å². The molecule has 3 rings (SSSR count). The fraction of sp³-hybridized carbons (Fsp3) is 0.130. The minimum Gasteiger partial charge on any atom is -0.480 e. The third-order valence-corrected chi connectivity index (χ3v) is 5.26. The molecule has 194 valence electrons. The molecule has 0 aromatic heterocycles. The van der Waals surface area contributed by atoms with E-state index in [-0.39, 0.29) is 6.26 Å². The van der Waals surface area contributed by atoms with Gasteiger partial charge in [0, 0.05) is 5.54 Å². The summed E-state index contributed by atoms with van der Waals surface area (Å²) in [7, 11) is -6.27. The Kier molecular flexibility index (Phi) is 10.1. The molecule has 3 aromatic rings. The summed E-state index contributed by atoms with van der Waals surface area (Å²) in [5.41, 5.74) is 7.02. The van der Waals surface area contributed by atoms with Crippen molar-refractivity contribution in [3.63, 3.8) is 0 Å². The van der Waals surface area contributed by atoms with E-state index in [1.54, 1.807) is 0 Å². The topological polar surface area (TPSA) is 78.9 Å². The monoisotopic (exact) mass is 550 g/mol. The van der Waals surface area contributed by atoms with E-state index in [2.05, 4.69) is 51.6 Å². The average molecular weight is 551 g/mol. The lowest BCUT2D eigenvalue weighted by molar-refractivity contribution is -0.250. The van der Waals surface area contributed by atoms with Crippen LogP contribution in [0.5, 0.6) is 0 Å². The summed E-state index contributed by atoms with van der Waals surface area (Å²) < 4.78 is 92.9. The van der Waals surface area contributed by atoms with Crippen molar-refractivity contribution < 1.29 is 39.7 Å². The first kappa shape index (κ1) is 28.9. The average Bonchev–Trinajstić information content (AvgIpc) is 2.83. The van der Waals surface area contributed by atoms with Crippen molar-refractivity contribution in [3.8, 4) is 0 Å². The molecule has 0 bridgehead atoms. The Labute approximate surface area is 209 Å². The molecule has 0 saturated carbocycles. The lowest BCUT2D eigenvalue weighted by Gasteiger charge is -2.26. The fourth-order valence-corrected chi connectivity index (χ4v) is 3.18. The highest BCUT2D eigenvalue weighted by molar-refractivity contribution is 7.86. The Balaban J connectivity index is 0.000000262. The van der Waals surface area contributed by atoms with Crippen molar-refractivity contribution in [3.05, 3.63) is 103 Å². The third-order valence-electron chi connectivity index (χ3n) is 4.26. The van der Waals surface area contributed by atoms with Gasteiger partial charge in [0.1, 0.15) is 0 Å². The van der Waals surface area contributed by atoms with Crippen LogP contribution in [0.4, 0.5) is 39.0 Å². The Morgan fingerprint density at radius 3 is 1.61 bits per heavy atom. The second-order valence-electron chi connectivity index (χ2n) is 6.84. The van der Waals surface area contributed by atoms with Gasteiger partial charge in [0.05, 0.1) is 23.3 Å². The van der Waals surface area contributed by atoms with E-state index in [0.29, 0.717) is 5.54 Å². The van der Waals surface area contributed by atoms with Crippen LogP contribution < -0.4 is 10.4 Å². The molecule has 0 amide bonds. The van der Waals surface area contributed by atoms with E-state index in [4.69, 9.17) is 16.2 Å². The van der Waals surface area contributed by atoms with Crippen molar-refractivity contribution in [2.24, 2.45) is 0 Å². The number of nitrogens with one attached hydrogen (secondary N) is 1. The van der Waals surface area contributed by atoms with Crippen LogP contribution in [0.2, 0.25) is 0 Å². The van der Waals surface area contributed by atoms with E-state index in [0.717, 1.165) is 17.1 Å². The van der Waals surface area contributed by atoms with Crippen LogP contribution in [0.15, 0.2) is 103 Å². The molecule has 0 spiro atoms. The molecular formula is C23H20ClF5N2O4S. The fourth-order valence-electron chi connectivity index (χ4n) is 2.66. The second kappa shape index (κ2) is 12.6. The van der Waals surface area contributed by atoms with E-state index in [1.807, 2.05) is 54.6 Å². The van der Waals surface area contributed by atoms with Crippen molar-refractivity contribution in [2.75, 3.05) is 10.4 Å². The molecule has 0 aliphatic rings. The molecule has 0 heterocycles. The highest BCUT2D eigenvalue weighted by Gasteiger charge is 2.65. The number of para-hydroxylation sites is 3. The quantitative estimate of drug-likeness (QED) is 0.136. The number of ether oxygens (including phenoxy) is 1. The van der Waals surface area contributed by atoms with Gasteiger partial charge >= 0.3 is 21.5 Å². The molecule has 0 fully saturated rings. The Morgan fingerprint density at radius 1 is 0.833 bits per heavy atom. The van der Waals surface area contributed by atoms with Crippen molar-refractivity contribution >= 4 is 38.8 Å². The first-order valence-electron chi connectivity index (χ1n) is 9.92. The minimum absolute atomic E-state index is 0.0127. The van der Waals surface area contributed by atoms with Crippen LogP contribution in [0.1, 0.15) is 0 Å². The van der Waals surface area contributed by atoms with Crippen LogP contribution in [0.25, 0.3) is 0 Å². The van der Waals surface area contributed by atoms with Gasteiger partial charge in [-0.05, 0) is 36.4 Å². The maximum atomic E-state index is 12.7. The molecule has 0 aliphatic carbocycles. The molecule has 6 nitrogen and oxygen atoms in total. The van der Waals surface area contributed by atoms with E-state index >= 15 is 0 Å². The van der Waals surface area contributed by atoms with Gasteiger partial charge in [0.2, 0.25) is 0 Å². The maximum absolute atomic E-state index is 12.7. The first-order valence-corrected chi connectivity index (χ1v) is 11.8. The number of hydrogen-bond donors (Lipinski definition) is 2. The molecular weight excluding hydrogens is 531 g/mol. The summed E-state index contributed by atoms with van der Waals surface area (Å²) >= 11 is 4.73. The summed E-state index contributed by atoms with van der Waals surface area (Å²) in [6.45, 7) is 0. The molecule has 0 saturated heterocycles. The number of nitrogens with zero attached hydrogens (tertiary/aromatic N) is 1. The number of halogens is 6. The molecule has 13 heteroatoms. The van der Waals surface area contributed by atoms with E-state index in [9.17, 15) is 30.4 Å². The molecule has 1 unspecified atom stereocenters. The van der Waals surface area contributed by atoms with Crippen LogP contribution in [0.3, 0.4) is 0 Å². The van der Waals surface area contributed by atoms with Crippen LogP contribution in [-0.4, -0.2) is 30.5 Å². The minimum atomic E-state index is -6.27. The van der Waals surface area contributed by atoms with Crippen LogP contribution in [-0.2, 0) is 14.9 Å². The van der Waals surface area contributed by atoms with Crippen LogP contribution in [0, 0.1) is 0 Å². The van der Waals surface area contributed by atoms with Gasteiger partial charge < -0.3 is 4.74 Å². The number of hydrogen-bond acceptors (Lipinski definition) is 5.